The highest BCUT2D eigenvalue weighted by Crippen LogP contribution is 2.21. The molecule has 0 heterocycles. The summed E-state index contributed by atoms with van der Waals surface area (Å²) < 4.78 is 4.94. The van der Waals surface area contributed by atoms with Gasteiger partial charge in [0.05, 0.1) is 5.75 Å². The van der Waals surface area contributed by atoms with Crippen LogP contribution in [0.3, 0.4) is 0 Å². The highest BCUT2D eigenvalue weighted by atomic mass is 32.2. The first-order valence-corrected chi connectivity index (χ1v) is 7.99. The lowest BCUT2D eigenvalue weighted by molar-refractivity contribution is -0.145. The van der Waals surface area contributed by atoms with Crippen molar-refractivity contribution in [2.75, 3.05) is 18.9 Å². The van der Waals surface area contributed by atoms with Crippen molar-refractivity contribution in [1.29, 1.82) is 0 Å². The average Bonchev–Trinajstić information content (AvgIpc) is 2.44. The van der Waals surface area contributed by atoms with Gasteiger partial charge in [-0.3, -0.25) is 9.59 Å². The molecule has 0 fully saturated rings. The van der Waals surface area contributed by atoms with E-state index >= 15 is 0 Å². The zero-order valence-corrected chi connectivity index (χ0v) is 13.9. The predicted molar refractivity (Wildman–Crippen MR) is 85.4 cm³/mol. The second kappa shape index (κ2) is 8.72. The van der Waals surface area contributed by atoms with Gasteiger partial charge in [-0.1, -0.05) is 19.9 Å². The molecule has 116 valence electrons. The molecule has 1 aromatic carbocycles. The van der Waals surface area contributed by atoms with E-state index in [1.165, 1.54) is 22.9 Å². The number of ether oxygens (including phenoxy) is 1. The number of aryl methyl sites for hydroxylation is 2. The Hall–Kier alpha value is -1.49. The van der Waals surface area contributed by atoms with Crippen molar-refractivity contribution in [2.24, 2.45) is 5.92 Å². The molecule has 4 nitrogen and oxygen atoms in total. The Bertz CT molecular complexity index is 500. The normalized spacial score (nSPS) is 10.5. The fourth-order valence-electron chi connectivity index (χ4n) is 1.50. The molecular weight excluding hydrogens is 286 g/mol. The number of rotatable bonds is 7. The Kier molecular flexibility index (Phi) is 7.29. The summed E-state index contributed by atoms with van der Waals surface area (Å²) in [5.74, 6) is -0.0453. The molecule has 0 aliphatic rings. The SMILES string of the molecule is Cc1ccc(SCC(=O)OCC(=O)NCC(C)C)cc1C. The highest BCUT2D eigenvalue weighted by Gasteiger charge is 2.08. The topological polar surface area (TPSA) is 55.4 Å². The molecule has 5 heteroatoms. The third-order valence-electron chi connectivity index (χ3n) is 2.91. The Balaban J connectivity index is 2.27. The van der Waals surface area contributed by atoms with Gasteiger partial charge in [0.15, 0.2) is 6.61 Å². The summed E-state index contributed by atoms with van der Waals surface area (Å²) in [6.45, 7) is 8.48. The van der Waals surface area contributed by atoms with Gasteiger partial charge in [-0.2, -0.15) is 0 Å². The minimum atomic E-state index is -0.377. The summed E-state index contributed by atoms with van der Waals surface area (Å²) in [5.41, 5.74) is 2.42. The minimum Gasteiger partial charge on any atom is -0.455 e. The highest BCUT2D eigenvalue weighted by molar-refractivity contribution is 8.00. The third-order valence-corrected chi connectivity index (χ3v) is 3.87. The zero-order chi connectivity index (χ0) is 15.8. The molecule has 0 spiro atoms. The number of benzene rings is 1. The maximum Gasteiger partial charge on any atom is 0.316 e. The molecule has 0 aliphatic carbocycles. The maximum absolute atomic E-state index is 11.6. The van der Waals surface area contributed by atoms with E-state index in [4.69, 9.17) is 4.74 Å². The molecule has 0 saturated heterocycles. The number of thioether (sulfide) groups is 1. The molecule has 0 aromatic heterocycles. The fraction of sp³-hybridized carbons (Fsp3) is 0.500. The van der Waals surface area contributed by atoms with Gasteiger partial charge in [0.25, 0.3) is 5.91 Å². The van der Waals surface area contributed by atoms with E-state index in [9.17, 15) is 9.59 Å². The number of carbonyl (C=O) groups is 2. The van der Waals surface area contributed by atoms with Crippen molar-refractivity contribution >= 4 is 23.6 Å². The van der Waals surface area contributed by atoms with Crippen molar-refractivity contribution in [1.82, 2.24) is 5.32 Å². The molecule has 1 amide bonds. The second-order valence-electron chi connectivity index (χ2n) is 5.39. The first-order valence-electron chi connectivity index (χ1n) is 7.01. The van der Waals surface area contributed by atoms with Crippen molar-refractivity contribution in [3.05, 3.63) is 29.3 Å². The van der Waals surface area contributed by atoms with Gasteiger partial charge in [0.1, 0.15) is 0 Å². The monoisotopic (exact) mass is 309 g/mol. The van der Waals surface area contributed by atoms with E-state index in [1.54, 1.807) is 0 Å². The van der Waals surface area contributed by atoms with Gasteiger partial charge >= 0.3 is 5.97 Å². The van der Waals surface area contributed by atoms with Crippen LogP contribution in [-0.4, -0.2) is 30.8 Å². The Morgan fingerprint density at radius 2 is 1.95 bits per heavy atom. The molecule has 1 rings (SSSR count). The van der Waals surface area contributed by atoms with E-state index in [0.29, 0.717) is 12.5 Å². The van der Waals surface area contributed by atoms with Crippen molar-refractivity contribution in [3.63, 3.8) is 0 Å². The van der Waals surface area contributed by atoms with Crippen LogP contribution in [0.1, 0.15) is 25.0 Å². The lowest BCUT2D eigenvalue weighted by Gasteiger charge is -2.08. The quantitative estimate of drug-likeness (QED) is 0.621. The van der Waals surface area contributed by atoms with Crippen LogP contribution in [0.5, 0.6) is 0 Å². The van der Waals surface area contributed by atoms with Crippen LogP contribution in [0.15, 0.2) is 23.1 Å². The summed E-state index contributed by atoms with van der Waals surface area (Å²) in [6.07, 6.45) is 0. The number of esters is 1. The molecule has 0 bridgehead atoms. The number of amides is 1. The van der Waals surface area contributed by atoms with E-state index in [1.807, 2.05) is 45.9 Å². The van der Waals surface area contributed by atoms with Crippen molar-refractivity contribution in [2.45, 2.75) is 32.6 Å². The molecule has 0 atom stereocenters. The molecule has 0 radical (unpaired) electrons. The summed E-state index contributed by atoms with van der Waals surface area (Å²) >= 11 is 1.42. The average molecular weight is 309 g/mol. The lowest BCUT2D eigenvalue weighted by Crippen LogP contribution is -2.31. The first kappa shape index (κ1) is 17.6. The van der Waals surface area contributed by atoms with Crippen LogP contribution in [0.2, 0.25) is 0 Å². The van der Waals surface area contributed by atoms with Crippen LogP contribution < -0.4 is 5.32 Å². The second-order valence-corrected chi connectivity index (χ2v) is 6.44. The molecule has 0 aliphatic heterocycles. The van der Waals surface area contributed by atoms with Crippen LogP contribution in [-0.2, 0) is 14.3 Å². The van der Waals surface area contributed by atoms with E-state index in [0.717, 1.165) is 4.90 Å². The summed E-state index contributed by atoms with van der Waals surface area (Å²) in [5, 5.41) is 2.70. The third kappa shape index (κ3) is 7.18. The van der Waals surface area contributed by atoms with E-state index < -0.39 is 0 Å². The molecule has 1 N–H and O–H groups in total. The number of hydrogen-bond acceptors (Lipinski definition) is 4. The van der Waals surface area contributed by atoms with Crippen LogP contribution >= 0.6 is 11.8 Å². The Morgan fingerprint density at radius 1 is 1.24 bits per heavy atom. The van der Waals surface area contributed by atoms with Gasteiger partial charge < -0.3 is 10.1 Å². The van der Waals surface area contributed by atoms with E-state index in [-0.39, 0.29) is 24.2 Å². The number of hydrogen-bond donors (Lipinski definition) is 1. The van der Waals surface area contributed by atoms with Crippen molar-refractivity contribution < 1.29 is 14.3 Å². The molecule has 21 heavy (non-hydrogen) atoms. The Labute approximate surface area is 130 Å². The van der Waals surface area contributed by atoms with E-state index in [2.05, 4.69) is 5.32 Å². The first-order chi connectivity index (χ1) is 9.88. The number of nitrogens with one attached hydrogen (secondary N) is 1. The molecular formula is C16H23NO3S. The van der Waals surface area contributed by atoms with Crippen molar-refractivity contribution in [3.8, 4) is 0 Å². The van der Waals surface area contributed by atoms with Gasteiger partial charge in [-0.15, -0.1) is 11.8 Å². The maximum atomic E-state index is 11.6. The zero-order valence-electron chi connectivity index (χ0n) is 13.1. The van der Waals surface area contributed by atoms with Crippen LogP contribution in [0.4, 0.5) is 0 Å². The van der Waals surface area contributed by atoms with Crippen LogP contribution in [0, 0.1) is 19.8 Å². The summed E-state index contributed by atoms with van der Waals surface area (Å²) in [4.78, 5) is 24.0. The fourth-order valence-corrected chi connectivity index (χ4v) is 2.29. The molecule has 1 aromatic rings. The minimum absolute atomic E-state index is 0.208. The lowest BCUT2D eigenvalue weighted by atomic mass is 10.1. The largest absolute Gasteiger partial charge is 0.455 e. The van der Waals surface area contributed by atoms with Gasteiger partial charge in [0.2, 0.25) is 0 Å². The predicted octanol–water partition coefficient (Wildman–Crippen LogP) is 2.71. The summed E-state index contributed by atoms with van der Waals surface area (Å²) in [7, 11) is 0. The molecule has 0 unspecified atom stereocenters. The number of carbonyl (C=O) groups excluding carboxylic acids is 2. The van der Waals surface area contributed by atoms with Gasteiger partial charge in [-0.05, 0) is 43.0 Å². The van der Waals surface area contributed by atoms with Gasteiger partial charge in [-0.25, -0.2) is 0 Å². The smallest absolute Gasteiger partial charge is 0.316 e. The standard InChI is InChI=1S/C16H23NO3S/c1-11(2)8-17-15(18)9-20-16(19)10-21-14-6-5-12(3)13(4)7-14/h5-7,11H,8-10H2,1-4H3,(H,17,18). The van der Waals surface area contributed by atoms with Gasteiger partial charge in [0, 0.05) is 11.4 Å². The van der Waals surface area contributed by atoms with Crippen LogP contribution in [0.25, 0.3) is 0 Å². The Morgan fingerprint density at radius 3 is 2.57 bits per heavy atom. The summed E-state index contributed by atoms with van der Waals surface area (Å²) in [6, 6.07) is 6.06. The molecule has 0 saturated carbocycles.